The number of nitrogens with one attached hydrogen (secondary N) is 2. The van der Waals surface area contributed by atoms with Gasteiger partial charge in [0.05, 0.1) is 10.6 Å². The molecule has 21 heavy (non-hydrogen) atoms. The van der Waals surface area contributed by atoms with Gasteiger partial charge >= 0.3 is 0 Å². The minimum Gasteiger partial charge on any atom is -0.373 e. The summed E-state index contributed by atoms with van der Waals surface area (Å²) in [5.41, 5.74) is 3.14. The highest BCUT2D eigenvalue weighted by molar-refractivity contribution is 9.10. The Bertz CT molecular complexity index is 680. The van der Waals surface area contributed by atoms with Crippen molar-refractivity contribution in [2.45, 2.75) is 13.8 Å². The van der Waals surface area contributed by atoms with Crippen LogP contribution in [0, 0.1) is 13.8 Å². The molecule has 0 spiro atoms. The van der Waals surface area contributed by atoms with Crippen molar-refractivity contribution in [3.63, 3.8) is 0 Å². The second-order valence-corrected chi connectivity index (χ2v) is 5.99. The Morgan fingerprint density at radius 3 is 2.43 bits per heavy atom. The van der Waals surface area contributed by atoms with Crippen LogP contribution in [0.2, 0.25) is 5.02 Å². The van der Waals surface area contributed by atoms with Crippen LogP contribution < -0.4 is 10.6 Å². The minimum absolute atomic E-state index is 0.257. The average molecular weight is 369 g/mol. The molecule has 1 aromatic carbocycles. The van der Waals surface area contributed by atoms with Crippen LogP contribution in [0.15, 0.2) is 28.9 Å². The van der Waals surface area contributed by atoms with Crippen molar-refractivity contribution >= 4 is 44.9 Å². The van der Waals surface area contributed by atoms with E-state index in [1.165, 1.54) is 6.20 Å². The lowest BCUT2D eigenvalue weighted by molar-refractivity contribution is 0.102. The van der Waals surface area contributed by atoms with E-state index >= 15 is 0 Å². The Morgan fingerprint density at radius 1 is 1.24 bits per heavy atom. The van der Waals surface area contributed by atoms with E-state index in [0.29, 0.717) is 16.4 Å². The van der Waals surface area contributed by atoms with Gasteiger partial charge in [0.2, 0.25) is 0 Å². The average Bonchev–Trinajstić information content (AvgIpc) is 2.43. The lowest BCUT2D eigenvalue weighted by Crippen LogP contribution is -2.15. The maximum Gasteiger partial charge on any atom is 0.257 e. The third-order valence-electron chi connectivity index (χ3n) is 3.09. The molecule has 1 heterocycles. The summed E-state index contributed by atoms with van der Waals surface area (Å²) in [5.74, 6) is 0.334. The van der Waals surface area contributed by atoms with Gasteiger partial charge in [0.1, 0.15) is 5.82 Å². The van der Waals surface area contributed by atoms with Gasteiger partial charge in [0.25, 0.3) is 5.91 Å². The molecule has 2 rings (SSSR count). The van der Waals surface area contributed by atoms with Crippen molar-refractivity contribution < 1.29 is 4.79 Å². The van der Waals surface area contributed by atoms with E-state index in [4.69, 9.17) is 11.6 Å². The largest absolute Gasteiger partial charge is 0.373 e. The molecule has 0 saturated heterocycles. The van der Waals surface area contributed by atoms with Crippen molar-refractivity contribution in [3.05, 3.63) is 50.6 Å². The van der Waals surface area contributed by atoms with E-state index in [9.17, 15) is 4.79 Å². The first kappa shape index (κ1) is 15.8. The Labute approximate surface area is 137 Å². The van der Waals surface area contributed by atoms with Crippen LogP contribution in [0.25, 0.3) is 0 Å². The molecule has 2 N–H and O–H groups in total. The van der Waals surface area contributed by atoms with Gasteiger partial charge in [-0.1, -0.05) is 27.5 Å². The number of anilines is 2. The van der Waals surface area contributed by atoms with Gasteiger partial charge in [-0.05, 0) is 43.2 Å². The summed E-state index contributed by atoms with van der Waals surface area (Å²) in [4.78, 5) is 16.5. The van der Waals surface area contributed by atoms with E-state index < -0.39 is 0 Å². The van der Waals surface area contributed by atoms with Crippen LogP contribution >= 0.6 is 27.5 Å². The van der Waals surface area contributed by atoms with Gasteiger partial charge in [-0.2, -0.15) is 0 Å². The maximum absolute atomic E-state index is 12.4. The molecule has 0 aliphatic carbocycles. The Kier molecular flexibility index (Phi) is 4.85. The normalized spacial score (nSPS) is 10.3. The Morgan fingerprint density at radius 2 is 1.86 bits per heavy atom. The lowest BCUT2D eigenvalue weighted by Gasteiger charge is -2.13. The lowest BCUT2D eigenvalue weighted by atomic mass is 10.1. The van der Waals surface area contributed by atoms with E-state index in [-0.39, 0.29) is 5.91 Å². The fourth-order valence-corrected chi connectivity index (χ4v) is 2.91. The van der Waals surface area contributed by atoms with Crippen LogP contribution in [-0.2, 0) is 0 Å². The third kappa shape index (κ3) is 3.54. The van der Waals surface area contributed by atoms with Crippen molar-refractivity contribution in [2.75, 3.05) is 17.7 Å². The monoisotopic (exact) mass is 367 g/mol. The molecule has 1 amide bonds. The maximum atomic E-state index is 12.4. The standard InChI is InChI=1S/C15H15BrClN3O/c1-8-4-10(16)5-9(2)14(8)20-15(21)11-6-13(18-3)19-7-12(11)17/h4-7H,1-3H3,(H,18,19)(H,20,21). The number of amides is 1. The van der Waals surface area contributed by atoms with E-state index in [2.05, 4.69) is 31.5 Å². The predicted molar refractivity (Wildman–Crippen MR) is 90.4 cm³/mol. The number of pyridine rings is 1. The number of aromatic nitrogens is 1. The molecule has 0 fully saturated rings. The molecule has 110 valence electrons. The van der Waals surface area contributed by atoms with Crippen LogP contribution in [-0.4, -0.2) is 17.9 Å². The zero-order chi connectivity index (χ0) is 15.6. The molecule has 0 aliphatic rings. The molecule has 0 atom stereocenters. The summed E-state index contributed by atoms with van der Waals surface area (Å²) in [5, 5.41) is 6.12. The van der Waals surface area contributed by atoms with Gasteiger partial charge in [0, 0.05) is 23.4 Å². The molecular weight excluding hydrogens is 354 g/mol. The summed E-state index contributed by atoms with van der Waals surface area (Å²) < 4.78 is 0.981. The molecule has 2 aromatic rings. The van der Waals surface area contributed by atoms with Gasteiger partial charge in [0.15, 0.2) is 0 Å². The SMILES string of the molecule is CNc1cc(C(=O)Nc2c(C)cc(Br)cc2C)c(Cl)cn1. The molecule has 0 unspecified atom stereocenters. The van der Waals surface area contributed by atoms with Crippen LogP contribution in [0.4, 0.5) is 11.5 Å². The molecule has 4 nitrogen and oxygen atoms in total. The van der Waals surface area contributed by atoms with Crippen LogP contribution in [0.1, 0.15) is 21.5 Å². The van der Waals surface area contributed by atoms with Crippen molar-refractivity contribution in [2.24, 2.45) is 0 Å². The zero-order valence-corrected chi connectivity index (χ0v) is 14.3. The summed E-state index contributed by atoms with van der Waals surface area (Å²) in [6, 6.07) is 5.53. The van der Waals surface area contributed by atoms with Crippen molar-refractivity contribution in [3.8, 4) is 0 Å². The highest BCUT2D eigenvalue weighted by atomic mass is 79.9. The first-order chi connectivity index (χ1) is 9.92. The smallest absolute Gasteiger partial charge is 0.257 e. The fraction of sp³-hybridized carbons (Fsp3) is 0.200. The molecule has 6 heteroatoms. The summed E-state index contributed by atoms with van der Waals surface area (Å²) in [6.45, 7) is 3.89. The predicted octanol–water partition coefficient (Wildman–Crippen LogP) is 4.41. The van der Waals surface area contributed by atoms with E-state index in [0.717, 1.165) is 21.3 Å². The summed E-state index contributed by atoms with van der Waals surface area (Å²) in [7, 11) is 1.74. The quantitative estimate of drug-likeness (QED) is 0.844. The molecule has 1 aromatic heterocycles. The summed E-state index contributed by atoms with van der Waals surface area (Å²) >= 11 is 9.50. The number of rotatable bonds is 3. The second kappa shape index (κ2) is 6.45. The zero-order valence-electron chi connectivity index (χ0n) is 11.9. The third-order valence-corrected chi connectivity index (χ3v) is 3.85. The van der Waals surface area contributed by atoms with Crippen LogP contribution in [0.5, 0.6) is 0 Å². The number of carbonyl (C=O) groups is 1. The number of hydrogen-bond donors (Lipinski definition) is 2. The first-order valence-electron chi connectivity index (χ1n) is 6.33. The molecule has 0 aliphatic heterocycles. The number of benzene rings is 1. The number of nitrogens with zero attached hydrogens (tertiary/aromatic N) is 1. The highest BCUT2D eigenvalue weighted by Crippen LogP contribution is 2.26. The van der Waals surface area contributed by atoms with E-state index in [1.54, 1.807) is 13.1 Å². The van der Waals surface area contributed by atoms with E-state index in [1.807, 2.05) is 26.0 Å². The first-order valence-corrected chi connectivity index (χ1v) is 7.51. The van der Waals surface area contributed by atoms with Gasteiger partial charge in [-0.15, -0.1) is 0 Å². The molecule has 0 bridgehead atoms. The second-order valence-electron chi connectivity index (χ2n) is 4.67. The molecule has 0 saturated carbocycles. The highest BCUT2D eigenvalue weighted by Gasteiger charge is 2.14. The Hall–Kier alpha value is -1.59. The fourth-order valence-electron chi connectivity index (χ4n) is 2.04. The van der Waals surface area contributed by atoms with Gasteiger partial charge in [-0.3, -0.25) is 4.79 Å². The minimum atomic E-state index is -0.257. The number of aryl methyl sites for hydroxylation is 2. The summed E-state index contributed by atoms with van der Waals surface area (Å²) in [6.07, 6.45) is 1.46. The van der Waals surface area contributed by atoms with Crippen molar-refractivity contribution in [1.82, 2.24) is 4.98 Å². The molecular formula is C15H15BrClN3O. The molecule has 0 radical (unpaired) electrons. The van der Waals surface area contributed by atoms with Crippen molar-refractivity contribution in [1.29, 1.82) is 0 Å². The van der Waals surface area contributed by atoms with Gasteiger partial charge in [-0.25, -0.2) is 4.98 Å². The number of hydrogen-bond acceptors (Lipinski definition) is 3. The number of carbonyl (C=O) groups excluding carboxylic acids is 1. The Balaban J connectivity index is 2.35. The topological polar surface area (TPSA) is 54.0 Å². The number of halogens is 2. The van der Waals surface area contributed by atoms with Crippen LogP contribution in [0.3, 0.4) is 0 Å². The van der Waals surface area contributed by atoms with Gasteiger partial charge < -0.3 is 10.6 Å².